The first-order valence-electron chi connectivity index (χ1n) is 17.5. The Bertz CT molecular complexity index is 2280. The van der Waals surface area contributed by atoms with E-state index >= 15 is 0 Å². The molecule has 0 bridgehead atoms. The van der Waals surface area contributed by atoms with Crippen molar-refractivity contribution in [3.8, 4) is 0 Å². The molecular weight excluding hydrogens is 789 g/mol. The van der Waals surface area contributed by atoms with E-state index in [1.54, 1.807) is 11.8 Å². The molecule has 0 unspecified atom stereocenters. The molecule has 0 N–H and O–H groups in total. The summed E-state index contributed by atoms with van der Waals surface area (Å²) in [6.07, 6.45) is 4.02. The van der Waals surface area contributed by atoms with Crippen LogP contribution in [0.5, 0.6) is 0 Å². The van der Waals surface area contributed by atoms with Crippen molar-refractivity contribution < 1.29 is 43.5 Å². The fourth-order valence-corrected chi connectivity index (χ4v) is 7.75. The summed E-state index contributed by atoms with van der Waals surface area (Å²) in [5, 5.41) is 13.8. The van der Waals surface area contributed by atoms with Crippen LogP contribution in [0.4, 0.5) is 22.7 Å². The van der Waals surface area contributed by atoms with Gasteiger partial charge >= 0.3 is 0 Å². The second kappa shape index (κ2) is 18.2. The van der Waals surface area contributed by atoms with Crippen molar-refractivity contribution in [3.05, 3.63) is 108 Å². The van der Waals surface area contributed by atoms with E-state index < -0.39 is 20.8 Å². The number of hydrazone groups is 2. The molecule has 2 aliphatic rings. The largest absolute Gasteiger partial charge is 0.726 e. The van der Waals surface area contributed by atoms with Gasteiger partial charge in [0.1, 0.15) is 26.5 Å². The number of para-hydroxylation sites is 4. The number of anilines is 2. The van der Waals surface area contributed by atoms with E-state index in [0.29, 0.717) is 0 Å². The minimum atomic E-state index is -4.41. The number of nitrogens with zero attached hydrogens (tertiary/aromatic N) is 6. The molecule has 14 nitrogen and oxygen atoms in total. The molecule has 0 radical (unpaired) electrons. The molecule has 0 aromatic heterocycles. The molecular formula is C40H48N6O8S3. The van der Waals surface area contributed by atoms with Crippen LogP contribution in [0.3, 0.4) is 0 Å². The maximum atomic E-state index is 9.22. The quantitative estimate of drug-likeness (QED) is 0.0579. The van der Waals surface area contributed by atoms with Crippen LogP contribution in [0.25, 0.3) is 0 Å². The lowest BCUT2D eigenvalue weighted by Gasteiger charge is -2.21. The summed E-state index contributed by atoms with van der Waals surface area (Å²) >= 11 is 1.73. The van der Waals surface area contributed by atoms with Crippen molar-refractivity contribution in [2.45, 2.75) is 48.3 Å². The van der Waals surface area contributed by atoms with Gasteiger partial charge in [-0.2, -0.15) is 19.4 Å². The predicted molar refractivity (Wildman–Crippen MR) is 225 cm³/mol. The Kier molecular flexibility index (Phi) is 14.4. The first-order valence-corrected chi connectivity index (χ1v) is 21.0. The van der Waals surface area contributed by atoms with Gasteiger partial charge in [-0.15, -0.1) is 0 Å². The van der Waals surface area contributed by atoms with E-state index in [2.05, 4.69) is 156 Å². The van der Waals surface area contributed by atoms with E-state index in [0.717, 1.165) is 35.4 Å². The van der Waals surface area contributed by atoms with E-state index in [-0.39, 0.29) is 10.8 Å². The molecule has 0 atom stereocenters. The van der Waals surface area contributed by atoms with Gasteiger partial charge in [-0.05, 0) is 52.0 Å². The molecule has 2 aliphatic heterocycles. The third kappa shape index (κ3) is 10.8. The van der Waals surface area contributed by atoms with Crippen LogP contribution in [-0.2, 0) is 40.0 Å². The minimum Gasteiger partial charge on any atom is -0.726 e. The molecule has 0 saturated carbocycles. The minimum absolute atomic E-state index is 0.127. The monoisotopic (exact) mass is 836 g/mol. The molecule has 17 heteroatoms. The van der Waals surface area contributed by atoms with Gasteiger partial charge in [0.15, 0.2) is 0 Å². The van der Waals surface area contributed by atoms with Crippen LogP contribution >= 0.6 is 11.8 Å². The predicted octanol–water partition coefficient (Wildman–Crippen LogP) is 6.28. The van der Waals surface area contributed by atoms with E-state index in [4.69, 9.17) is 10.2 Å². The molecule has 0 aliphatic carbocycles. The van der Waals surface area contributed by atoms with E-state index in [1.807, 2.05) is 36.5 Å². The van der Waals surface area contributed by atoms with Crippen LogP contribution in [-0.4, -0.2) is 101 Å². The van der Waals surface area contributed by atoms with Crippen LogP contribution in [0.1, 0.15) is 38.8 Å². The Labute approximate surface area is 340 Å². The van der Waals surface area contributed by atoms with Crippen molar-refractivity contribution in [1.29, 1.82) is 0 Å². The molecule has 2 heterocycles. The molecule has 0 saturated heterocycles. The first-order chi connectivity index (χ1) is 26.6. The summed E-state index contributed by atoms with van der Waals surface area (Å²) in [7, 11) is 1.07. The maximum absolute atomic E-state index is 9.22. The SMILES string of the molecule is CN(/N=C/C1=[N+](C)c2ccccc2C1(C)C)c1ccccc1Sc1ccccc1N(C)/N=C/C1=[N+](C)c2ccccc2C1(C)C.COS(=O)(=O)[O-].COS(=O)(=O)[O-]. The maximum Gasteiger partial charge on any atom is 0.217 e. The Balaban J connectivity index is 0.000000524. The van der Waals surface area contributed by atoms with Crippen LogP contribution in [0, 0.1) is 0 Å². The fourth-order valence-electron chi connectivity index (χ4n) is 6.61. The Morgan fingerprint density at radius 2 is 0.895 bits per heavy atom. The third-order valence-electron chi connectivity index (χ3n) is 9.64. The van der Waals surface area contributed by atoms with Gasteiger partial charge in [-0.25, -0.2) is 16.8 Å². The standard InChI is InChI=1S/C38H42N6S.2CH4O4S/c1-37(2)27-17-9-11-19-29(27)41(5)35(37)25-39-43(7)31-21-13-15-23-33(31)45-34-24-16-14-22-32(34)44(8)40-26-36-38(3,4)28-18-10-12-20-30(28)42(36)6;2*1-5-6(2,3)4/h9-26H,1-8H3;2*1H3,(H,2,3,4)/q+2;;/p-2. The first kappa shape index (κ1) is 45.0. The highest BCUT2D eigenvalue weighted by Crippen LogP contribution is 2.41. The molecule has 0 amide bonds. The number of hydrogen-bond acceptors (Lipinski definition) is 13. The van der Waals surface area contributed by atoms with Crippen molar-refractivity contribution in [2.24, 2.45) is 10.2 Å². The summed E-state index contributed by atoms with van der Waals surface area (Å²) in [6, 6.07) is 34.1. The van der Waals surface area contributed by atoms with Gasteiger partial charge < -0.3 is 9.11 Å². The average Bonchev–Trinajstić information content (AvgIpc) is 3.49. The lowest BCUT2D eigenvalue weighted by molar-refractivity contribution is -0.400. The van der Waals surface area contributed by atoms with Gasteiger partial charge in [-0.1, -0.05) is 72.4 Å². The van der Waals surface area contributed by atoms with Crippen LogP contribution < -0.4 is 10.0 Å². The van der Waals surface area contributed by atoms with Crippen molar-refractivity contribution in [2.75, 3.05) is 52.4 Å². The van der Waals surface area contributed by atoms with Crippen molar-refractivity contribution >= 4 is 79.2 Å². The van der Waals surface area contributed by atoms with Crippen molar-refractivity contribution in [1.82, 2.24) is 0 Å². The number of benzene rings is 4. The van der Waals surface area contributed by atoms with Gasteiger partial charge in [0.2, 0.25) is 43.6 Å². The molecule has 0 fully saturated rings. The zero-order chi connectivity index (χ0) is 42.3. The highest BCUT2D eigenvalue weighted by Gasteiger charge is 2.44. The summed E-state index contributed by atoms with van der Waals surface area (Å²) in [4.78, 5) is 2.24. The van der Waals surface area contributed by atoms with E-state index in [1.165, 1.54) is 33.9 Å². The van der Waals surface area contributed by atoms with Gasteiger partial charge in [-0.3, -0.25) is 18.4 Å². The zero-order valence-electron chi connectivity index (χ0n) is 33.6. The Hall–Kier alpha value is -4.75. The van der Waals surface area contributed by atoms with Crippen LogP contribution in [0.2, 0.25) is 0 Å². The third-order valence-corrected chi connectivity index (χ3v) is 11.6. The van der Waals surface area contributed by atoms with Gasteiger partial charge in [0.25, 0.3) is 0 Å². The second-order valence-corrected chi connectivity index (χ2v) is 17.3. The number of hydrogen-bond donors (Lipinski definition) is 0. The number of fused-ring (bicyclic) bond motifs is 2. The molecule has 0 spiro atoms. The van der Waals surface area contributed by atoms with Gasteiger partial charge in [0, 0.05) is 47.1 Å². The second-order valence-electron chi connectivity index (χ2n) is 13.9. The summed E-state index contributed by atoms with van der Waals surface area (Å²) < 4.78 is 66.5. The summed E-state index contributed by atoms with van der Waals surface area (Å²) in [5.74, 6) is 0. The topological polar surface area (TPSA) is 170 Å². The van der Waals surface area contributed by atoms with E-state index in [9.17, 15) is 25.9 Å². The van der Waals surface area contributed by atoms with Gasteiger partial charge in [0.05, 0.1) is 36.4 Å². The molecule has 4 aromatic carbocycles. The van der Waals surface area contributed by atoms with Crippen molar-refractivity contribution in [3.63, 3.8) is 0 Å². The Morgan fingerprint density at radius 1 is 0.596 bits per heavy atom. The molecule has 4 aromatic rings. The molecule has 6 rings (SSSR count). The summed E-state index contributed by atoms with van der Waals surface area (Å²) in [6.45, 7) is 9.05. The zero-order valence-corrected chi connectivity index (χ0v) is 36.0. The molecule has 304 valence electrons. The Morgan fingerprint density at radius 3 is 1.21 bits per heavy atom. The fraction of sp³-hybridized carbons (Fsp3) is 0.300. The smallest absolute Gasteiger partial charge is 0.217 e. The molecule has 57 heavy (non-hydrogen) atoms. The highest BCUT2D eigenvalue weighted by molar-refractivity contribution is 7.99. The summed E-state index contributed by atoms with van der Waals surface area (Å²) in [5.41, 5.74) is 9.27. The lowest BCUT2D eigenvalue weighted by Crippen LogP contribution is -2.30. The normalized spacial score (nSPS) is 15.5. The van der Waals surface area contributed by atoms with Crippen LogP contribution in [0.15, 0.2) is 117 Å². The average molecular weight is 837 g/mol. The number of rotatable bonds is 10. The lowest BCUT2D eigenvalue weighted by atomic mass is 9.82. The highest BCUT2D eigenvalue weighted by atomic mass is 32.3.